The second kappa shape index (κ2) is 7.55. The quantitative estimate of drug-likeness (QED) is 0.543. The normalized spacial score (nSPS) is 11.2. The monoisotopic (exact) mass is 417 g/mol. The van der Waals surface area contributed by atoms with Crippen LogP contribution in [0.15, 0.2) is 58.5 Å². The number of anilines is 1. The van der Waals surface area contributed by atoms with Crippen LogP contribution >= 0.6 is 27.3 Å². The van der Waals surface area contributed by atoms with E-state index in [0.717, 1.165) is 27.9 Å². The van der Waals surface area contributed by atoms with Crippen LogP contribution < -0.4 is 5.32 Å². The molecule has 1 N–H and O–H groups in total. The molecule has 3 rings (SSSR count). The number of hydrogen-bond donors (Lipinski definition) is 1. The molecule has 0 aliphatic heterocycles. The topological polar surface area (TPSA) is 48.7 Å². The molecule has 0 saturated carbocycles. The van der Waals surface area contributed by atoms with Crippen molar-refractivity contribution in [3.63, 3.8) is 0 Å². The van der Waals surface area contributed by atoms with Crippen molar-refractivity contribution in [2.75, 3.05) is 5.32 Å². The predicted octanol–water partition coefficient (Wildman–Crippen LogP) is 5.83. The van der Waals surface area contributed by atoms with E-state index in [1.165, 1.54) is 23.6 Å². The molecule has 2 aromatic carbocycles. The van der Waals surface area contributed by atoms with Crippen LogP contribution in [0.25, 0.3) is 16.8 Å². The third-order valence-corrected chi connectivity index (χ3v) is 4.65. The van der Waals surface area contributed by atoms with Crippen LogP contribution in [0.1, 0.15) is 5.01 Å². The molecular weight excluding hydrogens is 408 g/mol. The molecule has 0 amide bonds. The number of halogens is 3. The van der Waals surface area contributed by atoms with Gasteiger partial charge in [-0.3, -0.25) is 0 Å². The highest BCUT2D eigenvalue weighted by Crippen LogP contribution is 2.27. The van der Waals surface area contributed by atoms with Crippen LogP contribution in [-0.4, -0.2) is 4.98 Å². The molecule has 0 atom stereocenters. The summed E-state index contributed by atoms with van der Waals surface area (Å²) in [5.74, 6) is -1.88. The Morgan fingerprint density at radius 1 is 1.20 bits per heavy atom. The lowest BCUT2D eigenvalue weighted by Crippen LogP contribution is -1.93. The van der Waals surface area contributed by atoms with E-state index >= 15 is 0 Å². The summed E-state index contributed by atoms with van der Waals surface area (Å²) in [4.78, 5) is 4.47. The van der Waals surface area contributed by atoms with E-state index in [0.29, 0.717) is 16.3 Å². The van der Waals surface area contributed by atoms with Gasteiger partial charge in [0.05, 0.1) is 5.69 Å². The van der Waals surface area contributed by atoms with Gasteiger partial charge >= 0.3 is 0 Å². The van der Waals surface area contributed by atoms with E-state index < -0.39 is 11.6 Å². The van der Waals surface area contributed by atoms with Gasteiger partial charge in [0.1, 0.15) is 16.6 Å². The lowest BCUT2D eigenvalue weighted by molar-refractivity contribution is 0.509. The van der Waals surface area contributed by atoms with Crippen molar-refractivity contribution in [1.29, 1.82) is 5.26 Å². The van der Waals surface area contributed by atoms with Gasteiger partial charge in [-0.2, -0.15) is 5.26 Å². The minimum Gasteiger partial charge on any atom is -0.360 e. The minimum absolute atomic E-state index is 0.302. The molecule has 0 bridgehead atoms. The highest BCUT2D eigenvalue weighted by molar-refractivity contribution is 9.10. The van der Waals surface area contributed by atoms with Crippen molar-refractivity contribution < 1.29 is 8.78 Å². The van der Waals surface area contributed by atoms with E-state index in [4.69, 9.17) is 0 Å². The average molecular weight is 418 g/mol. The largest absolute Gasteiger partial charge is 0.360 e. The highest BCUT2D eigenvalue weighted by Gasteiger charge is 2.09. The van der Waals surface area contributed by atoms with Gasteiger partial charge in [-0.15, -0.1) is 11.3 Å². The van der Waals surface area contributed by atoms with Crippen molar-refractivity contribution in [1.82, 2.24) is 4.98 Å². The molecule has 3 nitrogen and oxygen atoms in total. The first-order chi connectivity index (χ1) is 12.1. The highest BCUT2D eigenvalue weighted by atomic mass is 79.9. The Morgan fingerprint density at radius 2 is 2.04 bits per heavy atom. The summed E-state index contributed by atoms with van der Waals surface area (Å²) >= 11 is 4.75. The van der Waals surface area contributed by atoms with Gasteiger partial charge in [0, 0.05) is 33.4 Å². The Balaban J connectivity index is 1.84. The SMILES string of the molecule is N#C/C(=C\Nc1ccc(F)c(F)c1)c1nc(-c2cccc(Br)c2)cs1. The maximum absolute atomic E-state index is 13.2. The summed E-state index contributed by atoms with van der Waals surface area (Å²) in [6.07, 6.45) is 1.43. The smallest absolute Gasteiger partial charge is 0.160 e. The number of nitrogens with one attached hydrogen (secondary N) is 1. The number of thiazole rings is 1. The number of allylic oxidation sites excluding steroid dienone is 1. The number of nitrogens with zero attached hydrogens (tertiary/aromatic N) is 2. The summed E-state index contributed by atoms with van der Waals surface area (Å²) in [5, 5.41) is 14.5. The van der Waals surface area contributed by atoms with E-state index in [1.807, 2.05) is 29.6 Å². The van der Waals surface area contributed by atoms with Crippen molar-refractivity contribution in [3.8, 4) is 17.3 Å². The number of aromatic nitrogens is 1. The molecular formula is C18H10BrF2N3S. The fourth-order valence-electron chi connectivity index (χ4n) is 2.06. The van der Waals surface area contributed by atoms with Crippen molar-refractivity contribution in [2.45, 2.75) is 0 Å². The molecule has 1 heterocycles. The molecule has 0 unspecified atom stereocenters. The zero-order valence-electron chi connectivity index (χ0n) is 12.6. The van der Waals surface area contributed by atoms with E-state index in [9.17, 15) is 14.0 Å². The van der Waals surface area contributed by atoms with Crippen molar-refractivity contribution >= 4 is 38.5 Å². The van der Waals surface area contributed by atoms with Gasteiger partial charge in [0.2, 0.25) is 0 Å². The van der Waals surface area contributed by atoms with Crippen molar-refractivity contribution in [3.05, 3.63) is 75.2 Å². The summed E-state index contributed by atoms with van der Waals surface area (Å²) in [7, 11) is 0. The van der Waals surface area contributed by atoms with Gasteiger partial charge in [-0.05, 0) is 24.3 Å². The van der Waals surface area contributed by atoms with Crippen LogP contribution in [0, 0.1) is 23.0 Å². The zero-order valence-corrected chi connectivity index (χ0v) is 15.0. The van der Waals surface area contributed by atoms with Gasteiger partial charge in [-0.25, -0.2) is 13.8 Å². The molecule has 0 aliphatic carbocycles. The van der Waals surface area contributed by atoms with E-state index in [2.05, 4.69) is 32.3 Å². The standard InChI is InChI=1S/C18H10BrF2N3S/c19-13-3-1-2-11(6-13)17-10-25-18(24-17)12(8-22)9-23-14-4-5-15(20)16(21)7-14/h1-7,9-10,23H/b12-9+. The predicted molar refractivity (Wildman–Crippen MR) is 98.8 cm³/mol. The molecule has 1 aromatic heterocycles. The Kier molecular flexibility index (Phi) is 5.22. The summed E-state index contributed by atoms with van der Waals surface area (Å²) < 4.78 is 27.1. The maximum Gasteiger partial charge on any atom is 0.160 e. The molecule has 0 spiro atoms. The fraction of sp³-hybridized carbons (Fsp3) is 0. The lowest BCUT2D eigenvalue weighted by Gasteiger charge is -2.02. The van der Waals surface area contributed by atoms with Crippen LogP contribution in [-0.2, 0) is 0 Å². The van der Waals surface area contributed by atoms with Gasteiger partial charge in [0.15, 0.2) is 11.6 Å². The summed E-state index contributed by atoms with van der Waals surface area (Å²) in [6.45, 7) is 0. The van der Waals surface area contributed by atoms with E-state index in [-0.39, 0.29) is 0 Å². The van der Waals surface area contributed by atoms with Crippen LogP contribution in [0.2, 0.25) is 0 Å². The lowest BCUT2D eigenvalue weighted by atomic mass is 10.2. The molecule has 0 radical (unpaired) electrons. The molecule has 3 aromatic rings. The fourth-order valence-corrected chi connectivity index (χ4v) is 3.25. The maximum atomic E-state index is 13.2. The third kappa shape index (κ3) is 4.10. The number of benzene rings is 2. The summed E-state index contributed by atoms with van der Waals surface area (Å²) in [5.41, 5.74) is 2.34. The number of nitriles is 1. The van der Waals surface area contributed by atoms with Crippen molar-refractivity contribution in [2.24, 2.45) is 0 Å². The Labute approximate surface area is 155 Å². The van der Waals surface area contributed by atoms with Crippen LogP contribution in [0.3, 0.4) is 0 Å². The Morgan fingerprint density at radius 3 is 2.76 bits per heavy atom. The first kappa shape index (κ1) is 17.3. The first-order valence-electron chi connectivity index (χ1n) is 7.10. The second-order valence-electron chi connectivity index (χ2n) is 4.99. The zero-order chi connectivity index (χ0) is 17.8. The van der Waals surface area contributed by atoms with Crippen LogP contribution in [0.5, 0.6) is 0 Å². The summed E-state index contributed by atoms with van der Waals surface area (Å²) in [6, 6.07) is 13.2. The second-order valence-corrected chi connectivity index (χ2v) is 6.77. The van der Waals surface area contributed by atoms with Gasteiger partial charge in [-0.1, -0.05) is 28.1 Å². The van der Waals surface area contributed by atoms with E-state index in [1.54, 1.807) is 0 Å². The molecule has 0 aliphatic rings. The average Bonchev–Trinajstić information content (AvgIpc) is 3.08. The molecule has 0 saturated heterocycles. The third-order valence-electron chi connectivity index (χ3n) is 3.28. The van der Waals surface area contributed by atoms with Crippen LogP contribution in [0.4, 0.5) is 14.5 Å². The number of rotatable bonds is 4. The number of hydrogen-bond acceptors (Lipinski definition) is 4. The Hall–Kier alpha value is -2.56. The molecule has 0 fully saturated rings. The molecule has 124 valence electrons. The Bertz CT molecular complexity index is 992. The first-order valence-corrected chi connectivity index (χ1v) is 8.78. The molecule has 7 heteroatoms. The minimum atomic E-state index is -0.955. The van der Waals surface area contributed by atoms with Gasteiger partial charge in [0.25, 0.3) is 0 Å². The molecule has 25 heavy (non-hydrogen) atoms. The van der Waals surface area contributed by atoms with Gasteiger partial charge < -0.3 is 5.32 Å².